The molecule has 2 heterocycles. The molecule has 1 fully saturated rings. The van der Waals surface area contributed by atoms with Gasteiger partial charge >= 0.3 is 92.6 Å². The molecular weight excluding hydrogens is 285 g/mol. The van der Waals surface area contributed by atoms with Crippen molar-refractivity contribution in [1.82, 2.24) is 0 Å². The Kier molecular flexibility index (Phi) is 2.28. The van der Waals surface area contributed by atoms with E-state index >= 15 is 0 Å². The summed E-state index contributed by atoms with van der Waals surface area (Å²) >= 11 is -0.807. The first-order chi connectivity index (χ1) is 6.84. The second kappa shape index (κ2) is 3.49. The standard InChI is InChI=1S/C12H16IN/c14-12-10-5-6-13(12)8-11-4-2-1-3-9(11)7-10/h1-4,10,12H,5-8,14H2/t10-,12+/m1/s1. The fourth-order valence-corrected chi connectivity index (χ4v) is 9.60. The van der Waals surface area contributed by atoms with E-state index in [2.05, 4.69) is 24.3 Å². The van der Waals surface area contributed by atoms with E-state index in [1.165, 1.54) is 21.7 Å². The first-order valence-corrected chi connectivity index (χ1v) is 9.57. The summed E-state index contributed by atoms with van der Waals surface area (Å²) in [5.41, 5.74) is 9.54. The van der Waals surface area contributed by atoms with Crippen molar-refractivity contribution in [2.45, 2.75) is 21.3 Å². The minimum absolute atomic E-state index is 0.617. The van der Waals surface area contributed by atoms with E-state index in [-0.39, 0.29) is 0 Å². The van der Waals surface area contributed by atoms with Gasteiger partial charge in [0.05, 0.1) is 0 Å². The van der Waals surface area contributed by atoms with Gasteiger partial charge in [-0.15, -0.1) is 0 Å². The monoisotopic (exact) mass is 301 g/mol. The van der Waals surface area contributed by atoms with E-state index in [1.807, 2.05) is 0 Å². The molecule has 1 aromatic carbocycles. The average Bonchev–Trinajstić information content (AvgIpc) is 2.44. The van der Waals surface area contributed by atoms with Crippen LogP contribution in [0.2, 0.25) is 0 Å². The van der Waals surface area contributed by atoms with Gasteiger partial charge in [0.15, 0.2) is 0 Å². The van der Waals surface area contributed by atoms with E-state index < -0.39 is 19.8 Å². The molecular formula is C12H16IN. The summed E-state index contributed by atoms with van der Waals surface area (Å²) in [7, 11) is 0. The molecule has 2 atom stereocenters. The van der Waals surface area contributed by atoms with Crippen molar-refractivity contribution in [1.29, 1.82) is 0 Å². The fourth-order valence-electron chi connectivity index (χ4n) is 2.54. The first-order valence-electron chi connectivity index (χ1n) is 5.27. The molecule has 2 aliphatic rings. The van der Waals surface area contributed by atoms with Crippen molar-refractivity contribution in [2.75, 3.05) is 4.43 Å². The second-order valence-electron chi connectivity index (χ2n) is 4.29. The molecule has 2 N–H and O–H groups in total. The van der Waals surface area contributed by atoms with E-state index in [9.17, 15) is 0 Å². The Morgan fingerprint density at radius 2 is 2.00 bits per heavy atom. The number of alkyl halides is 3. The summed E-state index contributed by atoms with van der Waals surface area (Å²) in [5.74, 6) is 0.823. The summed E-state index contributed by atoms with van der Waals surface area (Å²) in [4.78, 5) is 0. The number of hydrogen-bond acceptors (Lipinski definition) is 1. The van der Waals surface area contributed by atoms with Crippen molar-refractivity contribution in [3.05, 3.63) is 35.4 Å². The molecule has 0 aromatic heterocycles. The SMILES string of the molecule is N[C@H]1[C@@H]2CCI1Cc1ccccc1C2. The fraction of sp³-hybridized carbons (Fsp3) is 0.500. The molecule has 76 valence electrons. The molecule has 2 bridgehead atoms. The molecule has 3 rings (SSSR count). The van der Waals surface area contributed by atoms with Crippen molar-refractivity contribution in [3.63, 3.8) is 0 Å². The van der Waals surface area contributed by atoms with Crippen LogP contribution in [0.5, 0.6) is 0 Å². The molecule has 0 aliphatic carbocycles. The quantitative estimate of drug-likeness (QED) is 0.445. The second-order valence-corrected chi connectivity index (χ2v) is 10.4. The summed E-state index contributed by atoms with van der Waals surface area (Å²) in [6, 6.07) is 8.98. The van der Waals surface area contributed by atoms with E-state index in [1.54, 1.807) is 11.1 Å². The van der Waals surface area contributed by atoms with Crippen LogP contribution in [0.15, 0.2) is 24.3 Å². The van der Waals surface area contributed by atoms with E-state index in [0.29, 0.717) is 4.05 Å². The van der Waals surface area contributed by atoms with Gasteiger partial charge in [0, 0.05) is 0 Å². The predicted octanol–water partition coefficient (Wildman–Crippen LogP) is 2.55. The third-order valence-corrected chi connectivity index (χ3v) is 10.3. The molecule has 0 saturated carbocycles. The van der Waals surface area contributed by atoms with Gasteiger partial charge in [-0.3, -0.25) is 0 Å². The van der Waals surface area contributed by atoms with Crippen LogP contribution in [0.4, 0.5) is 0 Å². The van der Waals surface area contributed by atoms with Crippen LogP contribution in [0, 0.1) is 5.92 Å². The Balaban J connectivity index is 2.01. The Morgan fingerprint density at radius 3 is 2.86 bits per heavy atom. The number of benzene rings is 1. The third kappa shape index (κ3) is 1.39. The molecule has 0 amide bonds. The van der Waals surface area contributed by atoms with Crippen LogP contribution in [0.3, 0.4) is 0 Å². The Bertz CT molecular complexity index is 317. The zero-order valence-electron chi connectivity index (χ0n) is 8.25. The maximum absolute atomic E-state index is 6.33. The van der Waals surface area contributed by atoms with Crippen molar-refractivity contribution in [3.8, 4) is 0 Å². The van der Waals surface area contributed by atoms with Crippen LogP contribution in [-0.2, 0) is 10.8 Å². The van der Waals surface area contributed by atoms with Gasteiger partial charge in [-0.05, 0) is 0 Å². The molecule has 1 saturated heterocycles. The van der Waals surface area contributed by atoms with E-state index in [4.69, 9.17) is 5.73 Å². The Hall–Kier alpha value is -0.0900. The van der Waals surface area contributed by atoms with Crippen molar-refractivity contribution < 1.29 is 0 Å². The predicted molar refractivity (Wildman–Crippen MR) is 68.8 cm³/mol. The van der Waals surface area contributed by atoms with Crippen LogP contribution in [0.1, 0.15) is 17.5 Å². The molecule has 0 radical (unpaired) electrons. The molecule has 2 aliphatic heterocycles. The topological polar surface area (TPSA) is 26.0 Å². The van der Waals surface area contributed by atoms with Gasteiger partial charge in [0.1, 0.15) is 0 Å². The van der Waals surface area contributed by atoms with Gasteiger partial charge < -0.3 is 0 Å². The van der Waals surface area contributed by atoms with Crippen molar-refractivity contribution in [2.24, 2.45) is 11.7 Å². The first kappa shape index (κ1) is 9.16. The van der Waals surface area contributed by atoms with Gasteiger partial charge in [0.2, 0.25) is 0 Å². The maximum atomic E-state index is 6.33. The molecule has 0 spiro atoms. The molecule has 0 unspecified atom stereocenters. The normalized spacial score (nSPS) is 32.5. The van der Waals surface area contributed by atoms with E-state index in [0.717, 1.165) is 5.92 Å². The number of hydrogen-bond donors (Lipinski definition) is 1. The zero-order chi connectivity index (χ0) is 9.54. The number of halogens is 1. The van der Waals surface area contributed by atoms with Crippen LogP contribution in [-0.4, -0.2) is 8.48 Å². The van der Waals surface area contributed by atoms with Gasteiger partial charge in [-0.25, -0.2) is 0 Å². The number of nitrogens with two attached hydrogens (primary N) is 1. The number of fused-ring (bicyclic) bond motifs is 3. The summed E-state index contributed by atoms with van der Waals surface area (Å²) < 4.78 is 3.49. The van der Waals surface area contributed by atoms with Gasteiger partial charge in [-0.2, -0.15) is 0 Å². The van der Waals surface area contributed by atoms with Crippen LogP contribution < -0.4 is 5.73 Å². The molecule has 1 nitrogen and oxygen atoms in total. The molecule has 14 heavy (non-hydrogen) atoms. The molecule has 1 aromatic rings. The Labute approximate surface area is 92.5 Å². The van der Waals surface area contributed by atoms with Crippen LogP contribution in [0.25, 0.3) is 0 Å². The van der Waals surface area contributed by atoms with Gasteiger partial charge in [-0.1, -0.05) is 0 Å². The minimum atomic E-state index is -0.807. The van der Waals surface area contributed by atoms with Crippen molar-refractivity contribution >= 4 is 19.8 Å². The van der Waals surface area contributed by atoms with Gasteiger partial charge in [0.25, 0.3) is 0 Å². The Morgan fingerprint density at radius 1 is 1.21 bits per heavy atom. The zero-order valence-corrected chi connectivity index (χ0v) is 10.4. The summed E-state index contributed by atoms with van der Waals surface area (Å²) in [5, 5.41) is 0. The number of rotatable bonds is 0. The average molecular weight is 301 g/mol. The third-order valence-electron chi connectivity index (χ3n) is 3.45. The summed E-state index contributed by atoms with van der Waals surface area (Å²) in [6.45, 7) is 0. The molecule has 2 heteroatoms. The van der Waals surface area contributed by atoms with Crippen LogP contribution >= 0.6 is 19.8 Å². The summed E-state index contributed by atoms with van der Waals surface area (Å²) in [6.07, 6.45) is 2.67.